The van der Waals surface area contributed by atoms with Gasteiger partial charge in [-0.05, 0) is 29.8 Å². The van der Waals surface area contributed by atoms with Crippen molar-refractivity contribution in [3.05, 3.63) is 66.0 Å². The molecule has 0 saturated heterocycles. The maximum absolute atomic E-state index is 12.2. The molecule has 0 radical (unpaired) electrons. The van der Waals surface area contributed by atoms with Crippen molar-refractivity contribution in [2.24, 2.45) is 0 Å². The summed E-state index contributed by atoms with van der Waals surface area (Å²) in [6.07, 6.45) is 1.45. The fraction of sp³-hybridized carbons (Fsp3) is 0.118. The van der Waals surface area contributed by atoms with Crippen molar-refractivity contribution >= 4 is 5.91 Å². The van der Waals surface area contributed by atoms with E-state index in [1.165, 1.54) is 11.0 Å². The first-order valence-corrected chi connectivity index (χ1v) is 7.44. The zero-order valence-corrected chi connectivity index (χ0v) is 12.7. The van der Waals surface area contributed by atoms with Crippen LogP contribution in [-0.4, -0.2) is 27.7 Å². The molecule has 2 aromatic carbocycles. The van der Waals surface area contributed by atoms with Gasteiger partial charge in [0.25, 0.3) is 5.91 Å². The first kappa shape index (κ1) is 14.3. The lowest BCUT2D eigenvalue weighted by Gasteiger charge is -2.04. The van der Waals surface area contributed by atoms with Crippen LogP contribution in [0.2, 0.25) is 0 Å². The molecule has 1 aromatic heterocycles. The SMILES string of the molecule is O=C(NCc1ccc2c(c1)OCO2)c1cnn(-c2ccccc2)n1. The number of carbonyl (C=O) groups excluding carboxylic acids is 1. The average molecular weight is 322 g/mol. The van der Waals surface area contributed by atoms with E-state index in [0.29, 0.717) is 12.3 Å². The van der Waals surface area contributed by atoms with Crippen molar-refractivity contribution in [3.8, 4) is 17.2 Å². The lowest BCUT2D eigenvalue weighted by Crippen LogP contribution is -2.23. The summed E-state index contributed by atoms with van der Waals surface area (Å²) in [6.45, 7) is 0.599. The van der Waals surface area contributed by atoms with Gasteiger partial charge in [-0.25, -0.2) is 0 Å². The first-order chi connectivity index (χ1) is 11.8. The Labute approximate surface area is 137 Å². The minimum Gasteiger partial charge on any atom is -0.454 e. The molecule has 1 amide bonds. The summed E-state index contributed by atoms with van der Waals surface area (Å²) in [4.78, 5) is 13.6. The molecule has 24 heavy (non-hydrogen) atoms. The van der Waals surface area contributed by atoms with Crippen LogP contribution in [0.25, 0.3) is 5.69 Å². The van der Waals surface area contributed by atoms with E-state index in [9.17, 15) is 4.79 Å². The average Bonchev–Trinajstić information content (AvgIpc) is 3.29. The predicted octanol–water partition coefficient (Wildman–Crippen LogP) is 1.93. The van der Waals surface area contributed by atoms with Gasteiger partial charge in [0.05, 0.1) is 11.9 Å². The quantitative estimate of drug-likeness (QED) is 0.794. The van der Waals surface area contributed by atoms with Crippen molar-refractivity contribution in [2.45, 2.75) is 6.54 Å². The Bertz CT molecular complexity index is 877. The lowest BCUT2D eigenvalue weighted by atomic mass is 10.2. The van der Waals surface area contributed by atoms with Crippen molar-refractivity contribution in [3.63, 3.8) is 0 Å². The van der Waals surface area contributed by atoms with E-state index >= 15 is 0 Å². The highest BCUT2D eigenvalue weighted by atomic mass is 16.7. The maximum atomic E-state index is 12.2. The molecule has 0 fully saturated rings. The van der Waals surface area contributed by atoms with E-state index in [1.807, 2.05) is 48.5 Å². The van der Waals surface area contributed by atoms with E-state index in [1.54, 1.807) is 0 Å². The van der Waals surface area contributed by atoms with Crippen molar-refractivity contribution in [1.82, 2.24) is 20.3 Å². The second kappa shape index (κ2) is 6.04. The van der Waals surface area contributed by atoms with Gasteiger partial charge in [-0.15, -0.1) is 5.10 Å². The number of amides is 1. The summed E-state index contributed by atoms with van der Waals surface area (Å²) in [6, 6.07) is 15.0. The highest BCUT2D eigenvalue weighted by Gasteiger charge is 2.15. The Kier molecular flexibility index (Phi) is 3.59. The van der Waals surface area contributed by atoms with E-state index < -0.39 is 0 Å². The molecule has 0 saturated carbocycles. The molecular formula is C17H14N4O3. The van der Waals surface area contributed by atoms with Gasteiger partial charge in [-0.3, -0.25) is 4.79 Å². The van der Waals surface area contributed by atoms with Crippen LogP contribution in [-0.2, 0) is 6.54 Å². The summed E-state index contributed by atoms with van der Waals surface area (Å²) in [5.74, 6) is 1.13. The number of carbonyl (C=O) groups is 1. The second-order valence-electron chi connectivity index (χ2n) is 5.23. The van der Waals surface area contributed by atoms with Crippen LogP contribution in [0.1, 0.15) is 16.1 Å². The minimum absolute atomic E-state index is 0.230. The van der Waals surface area contributed by atoms with Crippen LogP contribution in [0, 0.1) is 0 Å². The fourth-order valence-corrected chi connectivity index (χ4v) is 2.38. The van der Waals surface area contributed by atoms with Crippen LogP contribution in [0.4, 0.5) is 0 Å². The molecule has 0 bridgehead atoms. The van der Waals surface area contributed by atoms with E-state index in [0.717, 1.165) is 17.0 Å². The smallest absolute Gasteiger partial charge is 0.273 e. The Morgan fingerprint density at radius 3 is 2.83 bits per heavy atom. The Balaban J connectivity index is 1.42. The maximum Gasteiger partial charge on any atom is 0.273 e. The van der Waals surface area contributed by atoms with Gasteiger partial charge in [-0.2, -0.15) is 9.90 Å². The highest BCUT2D eigenvalue weighted by Crippen LogP contribution is 2.32. The van der Waals surface area contributed by atoms with E-state index in [-0.39, 0.29) is 18.4 Å². The molecule has 1 aliphatic rings. The van der Waals surface area contributed by atoms with Crippen LogP contribution in [0.3, 0.4) is 0 Å². The number of aromatic nitrogens is 3. The number of benzene rings is 2. The van der Waals surface area contributed by atoms with Crippen molar-refractivity contribution < 1.29 is 14.3 Å². The third-order valence-electron chi connectivity index (χ3n) is 3.60. The predicted molar refractivity (Wildman–Crippen MR) is 85.1 cm³/mol. The van der Waals surface area contributed by atoms with Gasteiger partial charge in [0, 0.05) is 6.54 Å². The summed E-state index contributed by atoms with van der Waals surface area (Å²) in [5, 5.41) is 11.1. The Morgan fingerprint density at radius 2 is 1.96 bits per heavy atom. The third-order valence-corrected chi connectivity index (χ3v) is 3.60. The molecule has 7 nitrogen and oxygen atoms in total. The number of hydrogen-bond acceptors (Lipinski definition) is 5. The first-order valence-electron chi connectivity index (χ1n) is 7.44. The molecule has 0 atom stereocenters. The number of para-hydroxylation sites is 1. The van der Waals surface area contributed by atoms with E-state index in [2.05, 4.69) is 15.5 Å². The standard InChI is InChI=1S/C17H14N4O3/c22-17(14-10-19-21(20-14)13-4-2-1-3-5-13)18-9-12-6-7-15-16(8-12)24-11-23-15/h1-8,10H,9,11H2,(H,18,22). The Hall–Kier alpha value is -3.35. The van der Waals surface area contributed by atoms with Crippen molar-refractivity contribution in [2.75, 3.05) is 6.79 Å². The molecule has 0 spiro atoms. The molecule has 0 unspecified atom stereocenters. The molecule has 7 heteroatoms. The number of fused-ring (bicyclic) bond motifs is 1. The van der Waals surface area contributed by atoms with Crippen molar-refractivity contribution in [1.29, 1.82) is 0 Å². The highest BCUT2D eigenvalue weighted by molar-refractivity contribution is 5.91. The molecule has 3 aromatic rings. The second-order valence-corrected chi connectivity index (χ2v) is 5.23. The summed E-state index contributed by atoms with van der Waals surface area (Å²) >= 11 is 0. The van der Waals surface area contributed by atoms with Crippen LogP contribution >= 0.6 is 0 Å². The topological polar surface area (TPSA) is 78.3 Å². The number of nitrogens with zero attached hydrogens (tertiary/aromatic N) is 3. The monoisotopic (exact) mass is 322 g/mol. The third kappa shape index (κ3) is 2.79. The molecular weight excluding hydrogens is 308 g/mol. The molecule has 0 aliphatic carbocycles. The number of ether oxygens (including phenoxy) is 2. The molecule has 4 rings (SSSR count). The zero-order valence-electron chi connectivity index (χ0n) is 12.7. The normalized spacial score (nSPS) is 12.2. The number of rotatable bonds is 4. The van der Waals surface area contributed by atoms with Crippen LogP contribution < -0.4 is 14.8 Å². The Morgan fingerprint density at radius 1 is 1.12 bits per heavy atom. The summed E-state index contributed by atoms with van der Waals surface area (Å²) in [7, 11) is 0. The molecule has 120 valence electrons. The largest absolute Gasteiger partial charge is 0.454 e. The van der Waals surface area contributed by atoms with Gasteiger partial charge < -0.3 is 14.8 Å². The zero-order chi connectivity index (χ0) is 16.4. The summed E-state index contributed by atoms with van der Waals surface area (Å²) < 4.78 is 10.6. The van der Waals surface area contributed by atoms with E-state index in [4.69, 9.17) is 9.47 Å². The molecule has 2 heterocycles. The van der Waals surface area contributed by atoms with Gasteiger partial charge in [-0.1, -0.05) is 24.3 Å². The van der Waals surface area contributed by atoms with Gasteiger partial charge >= 0.3 is 0 Å². The lowest BCUT2D eigenvalue weighted by molar-refractivity contribution is 0.0945. The molecule has 1 aliphatic heterocycles. The minimum atomic E-state index is -0.283. The van der Waals surface area contributed by atoms with Crippen LogP contribution in [0.15, 0.2) is 54.7 Å². The summed E-state index contributed by atoms with van der Waals surface area (Å²) in [5.41, 5.74) is 1.98. The number of nitrogens with one attached hydrogen (secondary N) is 1. The van der Waals surface area contributed by atoms with Gasteiger partial charge in [0.2, 0.25) is 6.79 Å². The van der Waals surface area contributed by atoms with Gasteiger partial charge in [0.1, 0.15) is 0 Å². The fourth-order valence-electron chi connectivity index (χ4n) is 2.38. The van der Waals surface area contributed by atoms with Crippen LogP contribution in [0.5, 0.6) is 11.5 Å². The van der Waals surface area contributed by atoms with Gasteiger partial charge in [0.15, 0.2) is 17.2 Å². The molecule has 1 N–H and O–H groups in total. The number of hydrogen-bond donors (Lipinski definition) is 1.